The van der Waals surface area contributed by atoms with Crippen molar-refractivity contribution in [1.82, 2.24) is 0 Å². The molecular formula is C9H10BClO2. The quantitative estimate of drug-likeness (QED) is 0.634. The highest BCUT2D eigenvalue weighted by atomic mass is 35.5. The summed E-state index contributed by atoms with van der Waals surface area (Å²) in [5.41, 5.74) is 1.03. The number of rotatable bonds is 1. The predicted octanol–water partition coefficient (Wildman–Crippen LogP) is 1.47. The zero-order valence-corrected chi connectivity index (χ0v) is 7.96. The first-order valence-corrected chi connectivity index (χ1v) is 4.73. The van der Waals surface area contributed by atoms with Crippen molar-refractivity contribution in [1.29, 1.82) is 0 Å². The van der Waals surface area contributed by atoms with E-state index in [1.165, 1.54) is 0 Å². The minimum absolute atomic E-state index is 0.203. The van der Waals surface area contributed by atoms with Gasteiger partial charge in [0.25, 0.3) is 0 Å². The van der Waals surface area contributed by atoms with Gasteiger partial charge in [-0.15, -0.1) is 0 Å². The summed E-state index contributed by atoms with van der Waals surface area (Å²) in [6.07, 6.45) is 0.976. The number of hydrogen-bond acceptors (Lipinski definition) is 2. The molecule has 0 atom stereocenters. The fourth-order valence-electron chi connectivity index (χ4n) is 1.30. The van der Waals surface area contributed by atoms with Gasteiger partial charge in [0.1, 0.15) is 0 Å². The van der Waals surface area contributed by atoms with Gasteiger partial charge in [-0.05, 0) is 24.0 Å². The first-order chi connectivity index (χ1) is 6.36. The Morgan fingerprint density at radius 2 is 1.69 bits per heavy atom. The van der Waals surface area contributed by atoms with Crippen LogP contribution in [0.15, 0.2) is 24.3 Å². The molecule has 0 saturated carbocycles. The molecule has 0 unspecified atom stereocenters. The second-order valence-electron chi connectivity index (χ2n) is 2.98. The van der Waals surface area contributed by atoms with Crippen LogP contribution < -0.4 is 5.46 Å². The van der Waals surface area contributed by atoms with Gasteiger partial charge in [0.15, 0.2) is 0 Å². The summed E-state index contributed by atoms with van der Waals surface area (Å²) < 4.78 is 10.9. The first kappa shape index (κ1) is 9.07. The molecule has 1 aliphatic heterocycles. The molecule has 68 valence electrons. The lowest BCUT2D eigenvalue weighted by Gasteiger charge is -2.19. The van der Waals surface area contributed by atoms with Gasteiger partial charge >= 0.3 is 7.12 Å². The molecule has 1 heterocycles. The fraction of sp³-hybridized carbons (Fsp3) is 0.333. The average molecular weight is 196 g/mol. The van der Waals surface area contributed by atoms with Crippen LogP contribution in [0.2, 0.25) is 5.02 Å². The van der Waals surface area contributed by atoms with Crippen molar-refractivity contribution in [2.24, 2.45) is 0 Å². The molecule has 0 N–H and O–H groups in total. The Bertz CT molecular complexity index is 269. The van der Waals surface area contributed by atoms with E-state index >= 15 is 0 Å². The maximum atomic E-state index is 5.77. The van der Waals surface area contributed by atoms with E-state index in [9.17, 15) is 0 Å². The normalized spacial score (nSPS) is 17.5. The van der Waals surface area contributed by atoms with Crippen molar-refractivity contribution >= 4 is 24.2 Å². The monoisotopic (exact) mass is 196 g/mol. The van der Waals surface area contributed by atoms with Gasteiger partial charge in [0, 0.05) is 18.2 Å². The topological polar surface area (TPSA) is 18.5 Å². The van der Waals surface area contributed by atoms with E-state index in [0.717, 1.165) is 30.1 Å². The maximum absolute atomic E-state index is 5.77. The molecule has 1 aliphatic rings. The first-order valence-electron chi connectivity index (χ1n) is 4.35. The Morgan fingerprint density at radius 1 is 1.08 bits per heavy atom. The SMILES string of the molecule is Clc1ccc(B2OCCCO2)cc1. The van der Waals surface area contributed by atoms with E-state index in [2.05, 4.69) is 0 Å². The molecule has 0 aromatic heterocycles. The highest BCUT2D eigenvalue weighted by Crippen LogP contribution is 2.07. The summed E-state index contributed by atoms with van der Waals surface area (Å²) in [5.74, 6) is 0. The molecule has 0 radical (unpaired) electrons. The highest BCUT2D eigenvalue weighted by molar-refractivity contribution is 6.61. The Labute approximate surface area is 82.9 Å². The van der Waals surface area contributed by atoms with Gasteiger partial charge < -0.3 is 9.31 Å². The van der Waals surface area contributed by atoms with Crippen LogP contribution in [0.1, 0.15) is 6.42 Å². The molecule has 2 rings (SSSR count). The minimum atomic E-state index is -0.203. The largest absolute Gasteiger partial charge is 0.493 e. The molecule has 1 fully saturated rings. The van der Waals surface area contributed by atoms with Crippen LogP contribution in [0.25, 0.3) is 0 Å². The smallest absolute Gasteiger partial charge is 0.407 e. The van der Waals surface area contributed by atoms with Crippen molar-refractivity contribution in [3.05, 3.63) is 29.3 Å². The standard InChI is InChI=1S/C9H10BClO2/c11-9-4-2-8(3-5-9)10-12-6-1-7-13-10/h2-5H,1,6-7H2. The van der Waals surface area contributed by atoms with Crippen molar-refractivity contribution in [2.45, 2.75) is 6.42 Å². The zero-order valence-electron chi connectivity index (χ0n) is 7.20. The van der Waals surface area contributed by atoms with Crippen LogP contribution in [-0.4, -0.2) is 20.3 Å². The van der Waals surface area contributed by atoms with Crippen molar-refractivity contribution in [3.63, 3.8) is 0 Å². The maximum Gasteiger partial charge on any atom is 0.493 e. The van der Waals surface area contributed by atoms with E-state index in [1.54, 1.807) is 0 Å². The molecule has 0 amide bonds. The Morgan fingerprint density at radius 3 is 2.31 bits per heavy atom. The molecule has 1 saturated heterocycles. The molecule has 13 heavy (non-hydrogen) atoms. The van der Waals surface area contributed by atoms with E-state index < -0.39 is 0 Å². The predicted molar refractivity (Wildman–Crippen MR) is 53.4 cm³/mol. The molecular weight excluding hydrogens is 186 g/mol. The average Bonchev–Trinajstić information content (AvgIpc) is 2.20. The third kappa shape index (κ3) is 2.24. The summed E-state index contributed by atoms with van der Waals surface area (Å²) in [7, 11) is -0.203. The molecule has 2 nitrogen and oxygen atoms in total. The lowest BCUT2D eigenvalue weighted by atomic mass is 9.78. The lowest BCUT2D eigenvalue weighted by Crippen LogP contribution is -2.40. The third-order valence-electron chi connectivity index (χ3n) is 1.97. The summed E-state index contributed by atoms with van der Waals surface area (Å²) in [4.78, 5) is 0. The second-order valence-corrected chi connectivity index (χ2v) is 3.42. The Hall–Kier alpha value is -0.505. The van der Waals surface area contributed by atoms with Crippen LogP contribution >= 0.6 is 11.6 Å². The molecule has 0 spiro atoms. The zero-order chi connectivity index (χ0) is 9.10. The van der Waals surface area contributed by atoms with Crippen LogP contribution in [0.3, 0.4) is 0 Å². The molecule has 4 heteroatoms. The van der Waals surface area contributed by atoms with Crippen molar-refractivity contribution in [2.75, 3.05) is 13.2 Å². The molecule has 0 aliphatic carbocycles. The molecule has 0 bridgehead atoms. The number of benzene rings is 1. The van der Waals surface area contributed by atoms with Gasteiger partial charge in [0.2, 0.25) is 0 Å². The summed E-state index contributed by atoms with van der Waals surface area (Å²) in [6.45, 7) is 1.54. The van der Waals surface area contributed by atoms with Crippen LogP contribution in [0.4, 0.5) is 0 Å². The lowest BCUT2D eigenvalue weighted by molar-refractivity contribution is 0.143. The van der Waals surface area contributed by atoms with E-state index in [1.807, 2.05) is 24.3 Å². The van der Waals surface area contributed by atoms with Gasteiger partial charge in [-0.3, -0.25) is 0 Å². The van der Waals surface area contributed by atoms with Gasteiger partial charge in [-0.25, -0.2) is 0 Å². The number of halogens is 1. The van der Waals surface area contributed by atoms with Crippen molar-refractivity contribution < 1.29 is 9.31 Å². The van der Waals surface area contributed by atoms with E-state index in [4.69, 9.17) is 20.9 Å². The van der Waals surface area contributed by atoms with Gasteiger partial charge in [0.05, 0.1) is 0 Å². The highest BCUT2D eigenvalue weighted by Gasteiger charge is 2.23. The van der Waals surface area contributed by atoms with Crippen molar-refractivity contribution in [3.8, 4) is 0 Å². The number of hydrogen-bond donors (Lipinski definition) is 0. The van der Waals surface area contributed by atoms with Crippen LogP contribution in [0.5, 0.6) is 0 Å². The molecule has 1 aromatic carbocycles. The Balaban J connectivity index is 2.10. The third-order valence-corrected chi connectivity index (χ3v) is 2.22. The summed E-state index contributed by atoms with van der Waals surface area (Å²) in [5, 5.41) is 0.736. The summed E-state index contributed by atoms with van der Waals surface area (Å²) >= 11 is 5.77. The Kier molecular flexibility index (Phi) is 2.88. The minimum Gasteiger partial charge on any atom is -0.407 e. The fourth-order valence-corrected chi connectivity index (χ4v) is 1.43. The second kappa shape index (κ2) is 4.14. The van der Waals surface area contributed by atoms with Crippen LogP contribution in [-0.2, 0) is 9.31 Å². The van der Waals surface area contributed by atoms with E-state index in [-0.39, 0.29) is 7.12 Å². The molecule has 1 aromatic rings. The van der Waals surface area contributed by atoms with E-state index in [0.29, 0.717) is 0 Å². The van der Waals surface area contributed by atoms with Gasteiger partial charge in [-0.1, -0.05) is 23.7 Å². The van der Waals surface area contributed by atoms with Gasteiger partial charge in [-0.2, -0.15) is 0 Å². The van der Waals surface area contributed by atoms with Crippen LogP contribution in [0, 0.1) is 0 Å². The summed E-state index contributed by atoms with van der Waals surface area (Å²) in [6, 6.07) is 7.55.